The maximum Gasteiger partial charge on any atom is 0.241 e. The summed E-state index contributed by atoms with van der Waals surface area (Å²) in [5.41, 5.74) is -0.315. The highest BCUT2D eigenvalue weighted by Crippen LogP contribution is 2.27. The van der Waals surface area contributed by atoms with E-state index in [1.54, 1.807) is 6.92 Å². The van der Waals surface area contributed by atoms with Crippen molar-refractivity contribution < 1.29 is 21.6 Å². The average molecular weight is 418 g/mol. The number of hydrogen-bond donors (Lipinski definition) is 1. The molecule has 1 heterocycles. The normalized spacial score (nSPS) is 13.3. The highest BCUT2D eigenvalue weighted by molar-refractivity contribution is 7.89. The summed E-state index contributed by atoms with van der Waals surface area (Å²) in [6.45, 7) is 3.35. The van der Waals surface area contributed by atoms with E-state index in [2.05, 4.69) is 9.71 Å². The molecule has 0 saturated carbocycles. The van der Waals surface area contributed by atoms with E-state index in [1.807, 2.05) is 0 Å². The molecule has 0 saturated heterocycles. The minimum Gasteiger partial charge on any atom is -0.324 e. The summed E-state index contributed by atoms with van der Waals surface area (Å²) in [6.07, 6.45) is 0. The van der Waals surface area contributed by atoms with Crippen molar-refractivity contribution in [2.75, 3.05) is 0 Å². The maximum atomic E-state index is 14.2. The van der Waals surface area contributed by atoms with E-state index >= 15 is 0 Å². The predicted molar refractivity (Wildman–Crippen MR) is 95.5 cm³/mol. The Morgan fingerprint density at radius 2 is 1.81 bits per heavy atom. The number of aromatic nitrogens is 2. The molecule has 144 valence electrons. The van der Waals surface area contributed by atoms with Crippen LogP contribution in [0.1, 0.15) is 25.7 Å². The molecule has 0 aliphatic rings. The summed E-state index contributed by atoms with van der Waals surface area (Å²) in [6, 6.07) is 5.44. The molecule has 1 aromatic heterocycles. The Morgan fingerprint density at radius 3 is 2.41 bits per heavy atom. The van der Waals surface area contributed by atoms with Crippen LogP contribution in [0.3, 0.4) is 0 Å². The van der Waals surface area contributed by atoms with Crippen LogP contribution in [-0.2, 0) is 16.6 Å². The van der Waals surface area contributed by atoms with Crippen LogP contribution >= 0.6 is 11.6 Å². The molecule has 0 aliphatic carbocycles. The Bertz CT molecular complexity index is 1110. The van der Waals surface area contributed by atoms with Gasteiger partial charge < -0.3 is 4.57 Å². The van der Waals surface area contributed by atoms with E-state index in [-0.39, 0.29) is 28.3 Å². The van der Waals surface area contributed by atoms with E-state index in [4.69, 9.17) is 11.6 Å². The van der Waals surface area contributed by atoms with Gasteiger partial charge in [-0.25, -0.2) is 31.3 Å². The maximum absolute atomic E-state index is 14.2. The lowest BCUT2D eigenvalue weighted by molar-refractivity contribution is 0.450. The molecule has 5 nitrogen and oxygen atoms in total. The number of sulfonamides is 1. The molecule has 0 aliphatic heterocycles. The lowest BCUT2D eigenvalue weighted by Gasteiger charge is -2.15. The Kier molecular flexibility index (Phi) is 5.20. The van der Waals surface area contributed by atoms with Crippen molar-refractivity contribution in [2.24, 2.45) is 0 Å². The first-order valence-corrected chi connectivity index (χ1v) is 9.83. The van der Waals surface area contributed by atoms with Gasteiger partial charge in [0.25, 0.3) is 0 Å². The fourth-order valence-corrected chi connectivity index (χ4v) is 4.16. The first-order chi connectivity index (χ1) is 12.7. The van der Waals surface area contributed by atoms with Gasteiger partial charge in [-0.1, -0.05) is 11.6 Å². The minimum absolute atomic E-state index is 0.0128. The average Bonchev–Trinajstić information content (AvgIpc) is 2.98. The van der Waals surface area contributed by atoms with Crippen LogP contribution in [0, 0.1) is 17.5 Å². The Balaban J connectivity index is 2.04. The van der Waals surface area contributed by atoms with Crippen molar-refractivity contribution in [2.45, 2.75) is 31.3 Å². The second-order valence-corrected chi connectivity index (χ2v) is 8.02. The molecule has 0 amide bonds. The lowest BCUT2D eigenvalue weighted by Crippen LogP contribution is -2.28. The van der Waals surface area contributed by atoms with Crippen LogP contribution < -0.4 is 4.72 Å². The fourth-order valence-electron chi connectivity index (χ4n) is 2.83. The van der Waals surface area contributed by atoms with Crippen LogP contribution in [0.4, 0.5) is 13.2 Å². The van der Waals surface area contributed by atoms with Crippen LogP contribution in [-0.4, -0.2) is 18.0 Å². The summed E-state index contributed by atoms with van der Waals surface area (Å²) >= 11 is 5.76. The fraction of sp³-hybridized carbons (Fsp3) is 0.235. The predicted octanol–water partition coefficient (Wildman–Crippen LogP) is 4.17. The zero-order valence-corrected chi connectivity index (χ0v) is 15.9. The topological polar surface area (TPSA) is 64.0 Å². The molecule has 0 bridgehead atoms. The highest BCUT2D eigenvalue weighted by atomic mass is 35.5. The second kappa shape index (κ2) is 7.14. The minimum atomic E-state index is -3.92. The first kappa shape index (κ1) is 19.7. The Hall–Kier alpha value is -2.10. The van der Waals surface area contributed by atoms with Crippen LogP contribution in [0.15, 0.2) is 35.2 Å². The summed E-state index contributed by atoms with van der Waals surface area (Å²) in [5, 5.41) is 0.384. The zero-order chi connectivity index (χ0) is 19.9. The van der Waals surface area contributed by atoms with Gasteiger partial charge in [0.1, 0.15) is 11.3 Å². The van der Waals surface area contributed by atoms with E-state index in [9.17, 15) is 21.6 Å². The SMILES string of the molecule is CCn1c([C@@H](C)NS(=O)(=O)c2ccc(Cl)cc2)nc2cc(F)c(F)c(F)c21. The number of benzene rings is 2. The molecule has 0 spiro atoms. The van der Waals surface area contributed by atoms with Gasteiger partial charge in [0.2, 0.25) is 10.0 Å². The first-order valence-electron chi connectivity index (χ1n) is 7.97. The number of aryl methyl sites for hydroxylation is 1. The molecule has 1 N–H and O–H groups in total. The molecule has 3 aromatic rings. The molecule has 2 aromatic carbocycles. The number of nitrogens with one attached hydrogen (secondary N) is 1. The van der Waals surface area contributed by atoms with Gasteiger partial charge >= 0.3 is 0 Å². The van der Waals surface area contributed by atoms with Crippen molar-refractivity contribution in [3.63, 3.8) is 0 Å². The third-order valence-electron chi connectivity index (χ3n) is 4.06. The summed E-state index contributed by atoms with van der Waals surface area (Å²) < 4.78 is 70.1. The standard InChI is InChI=1S/C17H15ClF3N3O2S/c1-3-24-16-13(8-12(19)14(20)15(16)21)22-17(24)9(2)23-27(25,26)11-6-4-10(18)5-7-11/h4-9,23H,3H2,1-2H3/t9-/m1/s1. The molecule has 3 rings (SSSR count). The van der Waals surface area contributed by atoms with Gasteiger partial charge in [-0.15, -0.1) is 0 Å². The number of imidazole rings is 1. The van der Waals surface area contributed by atoms with Gasteiger partial charge in [0.15, 0.2) is 17.5 Å². The van der Waals surface area contributed by atoms with Crippen LogP contribution in [0.5, 0.6) is 0 Å². The Morgan fingerprint density at radius 1 is 1.19 bits per heavy atom. The second-order valence-electron chi connectivity index (χ2n) is 5.87. The molecule has 0 unspecified atom stereocenters. The van der Waals surface area contributed by atoms with Crippen LogP contribution in [0.25, 0.3) is 11.0 Å². The van der Waals surface area contributed by atoms with Gasteiger partial charge in [0.05, 0.1) is 16.5 Å². The van der Waals surface area contributed by atoms with Crippen molar-refractivity contribution in [3.05, 3.63) is 58.6 Å². The number of rotatable bonds is 5. The third-order valence-corrected chi connectivity index (χ3v) is 5.87. The number of fused-ring (bicyclic) bond motifs is 1. The van der Waals surface area contributed by atoms with E-state index in [1.165, 1.54) is 35.8 Å². The highest BCUT2D eigenvalue weighted by Gasteiger charge is 2.26. The molecule has 10 heteroatoms. The van der Waals surface area contributed by atoms with Crippen molar-refractivity contribution >= 4 is 32.7 Å². The van der Waals surface area contributed by atoms with Crippen molar-refractivity contribution in [1.82, 2.24) is 14.3 Å². The van der Waals surface area contributed by atoms with E-state index in [0.29, 0.717) is 5.02 Å². The summed E-state index contributed by atoms with van der Waals surface area (Å²) in [7, 11) is -3.92. The monoisotopic (exact) mass is 417 g/mol. The lowest BCUT2D eigenvalue weighted by atomic mass is 10.2. The molecule has 27 heavy (non-hydrogen) atoms. The van der Waals surface area contributed by atoms with Gasteiger partial charge in [-0.05, 0) is 38.1 Å². The van der Waals surface area contributed by atoms with E-state index in [0.717, 1.165) is 6.07 Å². The van der Waals surface area contributed by atoms with E-state index < -0.39 is 33.5 Å². The molecular formula is C17H15ClF3N3O2S. The van der Waals surface area contributed by atoms with Crippen molar-refractivity contribution in [1.29, 1.82) is 0 Å². The van der Waals surface area contributed by atoms with Gasteiger partial charge in [-0.3, -0.25) is 0 Å². The van der Waals surface area contributed by atoms with Gasteiger partial charge in [-0.2, -0.15) is 0 Å². The number of halogens is 4. The third kappa shape index (κ3) is 3.54. The number of hydrogen-bond acceptors (Lipinski definition) is 3. The molecular weight excluding hydrogens is 403 g/mol. The number of nitrogens with zero attached hydrogens (tertiary/aromatic N) is 2. The van der Waals surface area contributed by atoms with Gasteiger partial charge in [0, 0.05) is 17.6 Å². The van der Waals surface area contributed by atoms with Crippen molar-refractivity contribution in [3.8, 4) is 0 Å². The molecule has 0 radical (unpaired) electrons. The van der Waals surface area contributed by atoms with Crippen LogP contribution in [0.2, 0.25) is 5.02 Å². The quantitative estimate of drug-likeness (QED) is 0.634. The summed E-state index contributed by atoms with van der Waals surface area (Å²) in [5.74, 6) is -4.19. The molecule has 1 atom stereocenters. The molecule has 0 fully saturated rings. The zero-order valence-electron chi connectivity index (χ0n) is 14.3. The summed E-state index contributed by atoms with van der Waals surface area (Å²) in [4.78, 5) is 4.09. The largest absolute Gasteiger partial charge is 0.324 e. The smallest absolute Gasteiger partial charge is 0.241 e. The Labute approximate surface area is 158 Å².